The molecule has 214 valence electrons. The number of rotatable bonds is 15. The van der Waals surface area contributed by atoms with Crippen molar-refractivity contribution in [3.8, 4) is 0 Å². The molecule has 0 aromatic rings. The minimum atomic E-state index is -1.05. The van der Waals surface area contributed by atoms with Crippen molar-refractivity contribution in [2.45, 2.75) is 57.3 Å². The van der Waals surface area contributed by atoms with E-state index >= 15 is 0 Å². The third kappa shape index (κ3) is 33.2. The molecule has 0 saturated heterocycles. The number of amides is 1. The van der Waals surface area contributed by atoms with Gasteiger partial charge in [0.25, 0.3) is 0 Å². The quantitative estimate of drug-likeness (QED) is 0.0949. The molecule has 17 heteroatoms. The summed E-state index contributed by atoms with van der Waals surface area (Å²) in [5.74, 6) is -4.57. The first kappa shape index (κ1) is 40.2. The number of carboxylic acids is 4. The Bertz CT molecular complexity index is 625. The van der Waals surface area contributed by atoms with Crippen LogP contribution in [0.4, 0.5) is 0 Å². The van der Waals surface area contributed by atoms with E-state index in [-0.39, 0.29) is 32.5 Å². The zero-order valence-corrected chi connectivity index (χ0v) is 20.6. The molecule has 17 N–H and O–H groups in total. The second-order valence-corrected chi connectivity index (χ2v) is 6.89. The normalized spacial score (nSPS) is 13.0. The highest BCUT2D eigenvalue weighted by molar-refractivity contribution is 5.83. The Morgan fingerprint density at radius 3 is 1.50 bits per heavy atom. The highest BCUT2D eigenvalue weighted by Crippen LogP contribution is 1.98. The molecular formula is C19H43N7O10. The molecule has 36 heavy (non-hydrogen) atoms. The third-order valence-electron chi connectivity index (χ3n) is 3.65. The zero-order valence-electron chi connectivity index (χ0n) is 20.6. The Balaban J connectivity index is -0.000000194. The van der Waals surface area contributed by atoms with Gasteiger partial charge in [0, 0.05) is 13.1 Å². The number of aliphatic hydroxyl groups is 1. The van der Waals surface area contributed by atoms with Crippen molar-refractivity contribution in [3.05, 3.63) is 0 Å². The maximum Gasteiger partial charge on any atom is 0.321 e. The number of primary amides is 1. The maximum absolute atomic E-state index is 10.4. The fourth-order valence-corrected chi connectivity index (χ4v) is 1.64. The second kappa shape index (κ2) is 26.7. The van der Waals surface area contributed by atoms with Crippen LogP contribution in [0.1, 0.15) is 33.1 Å². The van der Waals surface area contributed by atoms with Gasteiger partial charge in [-0.2, -0.15) is 0 Å². The summed E-state index contributed by atoms with van der Waals surface area (Å²) in [4.78, 5) is 50.2. The standard InChI is InChI=1S/C6H12N2O3.C6H14N2O3.C4H9NO2.C3H8N2O2/c1-2-8-4(6(10)11)3-5(7)9;7-3-4(9)1-2-5(8)6(10)11;1-2-5-3-4(6)7;4-1-2(5)3(6)7/h4,8H,2-3H2,1H3,(H2,7,9)(H,10,11);4-5,9H,1-3,7-8H2,(H,10,11);5H,2-3H2,1H3,(H,6,7);2H,1,4-5H2,(H,6,7)/t4-;4-,5+;;/m01../s1. The Kier molecular flexibility index (Phi) is 29.8. The molecule has 0 bridgehead atoms. The minimum absolute atomic E-state index is 0.00463. The fraction of sp³-hybridized carbons (Fsp3) is 0.737. The van der Waals surface area contributed by atoms with E-state index in [1.165, 1.54) is 0 Å². The minimum Gasteiger partial charge on any atom is -0.480 e. The number of aliphatic carboxylic acids is 4. The van der Waals surface area contributed by atoms with E-state index < -0.39 is 54.0 Å². The van der Waals surface area contributed by atoms with E-state index in [1.807, 2.05) is 6.92 Å². The Morgan fingerprint density at radius 1 is 0.778 bits per heavy atom. The molecule has 0 heterocycles. The number of nitrogens with one attached hydrogen (secondary N) is 2. The Labute approximate surface area is 209 Å². The molecule has 17 nitrogen and oxygen atoms in total. The predicted octanol–water partition coefficient (Wildman–Crippen LogP) is -4.54. The van der Waals surface area contributed by atoms with Gasteiger partial charge in [-0.25, -0.2) is 0 Å². The highest BCUT2D eigenvalue weighted by atomic mass is 16.4. The summed E-state index contributed by atoms with van der Waals surface area (Å²) >= 11 is 0. The number of carbonyl (C=O) groups excluding carboxylic acids is 1. The fourth-order valence-electron chi connectivity index (χ4n) is 1.64. The molecule has 0 aliphatic heterocycles. The third-order valence-corrected chi connectivity index (χ3v) is 3.65. The summed E-state index contributed by atoms with van der Waals surface area (Å²) in [5, 5.41) is 46.9. The van der Waals surface area contributed by atoms with E-state index in [1.54, 1.807) is 6.92 Å². The van der Waals surface area contributed by atoms with E-state index in [9.17, 15) is 24.0 Å². The lowest BCUT2D eigenvalue weighted by Gasteiger charge is -2.09. The summed E-state index contributed by atoms with van der Waals surface area (Å²) < 4.78 is 0. The van der Waals surface area contributed by atoms with Gasteiger partial charge in [0.05, 0.1) is 19.1 Å². The van der Waals surface area contributed by atoms with Gasteiger partial charge in [0.15, 0.2) is 0 Å². The number of hydrogen-bond donors (Lipinski definition) is 12. The van der Waals surface area contributed by atoms with Crippen molar-refractivity contribution in [2.75, 3.05) is 32.7 Å². The predicted molar refractivity (Wildman–Crippen MR) is 130 cm³/mol. The molecule has 0 spiro atoms. The molecule has 1 unspecified atom stereocenters. The first-order chi connectivity index (χ1) is 16.6. The summed E-state index contributed by atoms with van der Waals surface area (Å²) in [5.41, 5.74) is 24.8. The topological polar surface area (TPSA) is 341 Å². The number of carboxylic acid groups (broad SMARTS) is 4. The summed E-state index contributed by atoms with van der Waals surface area (Å²) in [6.45, 7) is 5.05. The molecular weight excluding hydrogens is 486 g/mol. The smallest absolute Gasteiger partial charge is 0.321 e. The molecule has 0 rings (SSSR count). The van der Waals surface area contributed by atoms with Crippen LogP contribution in [0, 0.1) is 0 Å². The van der Waals surface area contributed by atoms with Crippen LogP contribution < -0.4 is 39.3 Å². The monoisotopic (exact) mass is 529 g/mol. The molecule has 0 aliphatic carbocycles. The Morgan fingerprint density at radius 2 is 1.28 bits per heavy atom. The largest absolute Gasteiger partial charge is 0.480 e. The summed E-state index contributed by atoms with van der Waals surface area (Å²) in [7, 11) is 0. The van der Waals surface area contributed by atoms with Crippen molar-refractivity contribution < 1.29 is 49.5 Å². The van der Waals surface area contributed by atoms with Crippen LogP contribution in [-0.2, 0) is 24.0 Å². The highest BCUT2D eigenvalue weighted by Gasteiger charge is 2.17. The van der Waals surface area contributed by atoms with Crippen LogP contribution in [-0.4, -0.2) is 112 Å². The van der Waals surface area contributed by atoms with Gasteiger partial charge in [-0.3, -0.25) is 24.0 Å². The van der Waals surface area contributed by atoms with E-state index in [4.69, 9.17) is 54.2 Å². The average molecular weight is 530 g/mol. The maximum atomic E-state index is 10.4. The van der Waals surface area contributed by atoms with Gasteiger partial charge in [-0.1, -0.05) is 13.8 Å². The van der Waals surface area contributed by atoms with Gasteiger partial charge >= 0.3 is 23.9 Å². The van der Waals surface area contributed by atoms with E-state index in [2.05, 4.69) is 10.6 Å². The first-order valence-corrected chi connectivity index (χ1v) is 10.8. The summed E-state index contributed by atoms with van der Waals surface area (Å²) in [6, 6.07) is -2.64. The molecule has 0 fully saturated rings. The van der Waals surface area contributed by atoms with E-state index in [0.717, 1.165) is 0 Å². The second-order valence-electron chi connectivity index (χ2n) is 6.89. The number of aliphatic hydroxyl groups excluding tert-OH is 1. The summed E-state index contributed by atoms with van der Waals surface area (Å²) in [6.07, 6.45) is -0.207. The lowest BCUT2D eigenvalue weighted by molar-refractivity contribution is -0.141. The zero-order chi connectivity index (χ0) is 29.3. The molecule has 0 aromatic carbocycles. The lowest BCUT2D eigenvalue weighted by atomic mass is 10.1. The van der Waals surface area contributed by atoms with Gasteiger partial charge in [-0.15, -0.1) is 0 Å². The van der Waals surface area contributed by atoms with Crippen LogP contribution in [0.5, 0.6) is 0 Å². The number of carbonyl (C=O) groups is 5. The van der Waals surface area contributed by atoms with Crippen LogP contribution in [0.2, 0.25) is 0 Å². The van der Waals surface area contributed by atoms with Crippen LogP contribution >= 0.6 is 0 Å². The van der Waals surface area contributed by atoms with E-state index in [0.29, 0.717) is 19.5 Å². The number of nitrogens with two attached hydrogens (primary N) is 5. The molecule has 0 aliphatic rings. The SMILES string of the molecule is CCNCC(=O)O.CCN[C@@H](CC(N)=O)C(=O)O.NCC(N)C(=O)O.NC[C@H](O)CC[C@H](N)C(=O)O. The van der Waals surface area contributed by atoms with Crippen molar-refractivity contribution in [2.24, 2.45) is 28.7 Å². The van der Waals surface area contributed by atoms with Crippen LogP contribution in [0.3, 0.4) is 0 Å². The van der Waals surface area contributed by atoms with Gasteiger partial charge in [-0.05, 0) is 25.9 Å². The van der Waals surface area contributed by atoms with Gasteiger partial charge < -0.3 is 64.8 Å². The Hall–Kier alpha value is -2.93. The molecule has 0 aromatic heterocycles. The van der Waals surface area contributed by atoms with Crippen molar-refractivity contribution in [1.82, 2.24) is 10.6 Å². The van der Waals surface area contributed by atoms with Crippen molar-refractivity contribution >= 4 is 29.8 Å². The van der Waals surface area contributed by atoms with Crippen molar-refractivity contribution in [1.29, 1.82) is 0 Å². The average Bonchev–Trinajstić information content (AvgIpc) is 2.80. The molecule has 1 amide bonds. The van der Waals surface area contributed by atoms with Crippen LogP contribution in [0.25, 0.3) is 0 Å². The number of hydrogen-bond acceptors (Lipinski definition) is 12. The molecule has 0 radical (unpaired) electrons. The van der Waals surface area contributed by atoms with Gasteiger partial charge in [0.2, 0.25) is 5.91 Å². The van der Waals surface area contributed by atoms with Gasteiger partial charge in [0.1, 0.15) is 18.1 Å². The van der Waals surface area contributed by atoms with Crippen molar-refractivity contribution in [3.63, 3.8) is 0 Å². The molecule has 0 saturated carbocycles. The lowest BCUT2D eigenvalue weighted by Crippen LogP contribution is -2.39. The number of likely N-dealkylation sites (N-methyl/N-ethyl adjacent to an activating group) is 2. The molecule has 4 atom stereocenters. The first-order valence-electron chi connectivity index (χ1n) is 10.8. The van der Waals surface area contributed by atoms with Crippen LogP contribution in [0.15, 0.2) is 0 Å².